The SMILES string of the molecule is CC(=O)NC(CC(=O)N1CCCC(C(=O)O)C1)c1ccc(Br)cc1. The highest BCUT2D eigenvalue weighted by atomic mass is 79.9. The number of carboxylic acids is 1. The van der Waals surface area contributed by atoms with Gasteiger partial charge in [0.1, 0.15) is 0 Å². The van der Waals surface area contributed by atoms with Crippen LogP contribution in [-0.2, 0) is 14.4 Å². The van der Waals surface area contributed by atoms with E-state index < -0.39 is 17.9 Å². The maximum Gasteiger partial charge on any atom is 0.308 e. The standard InChI is InChI=1S/C17H21BrN2O4/c1-11(21)19-15(12-4-6-14(18)7-5-12)9-16(22)20-8-2-3-13(10-20)17(23)24/h4-7,13,15H,2-3,8-10H2,1H3,(H,19,21)(H,23,24). The molecule has 1 aliphatic heterocycles. The van der Waals surface area contributed by atoms with Gasteiger partial charge < -0.3 is 15.3 Å². The molecule has 24 heavy (non-hydrogen) atoms. The fourth-order valence-corrected chi connectivity index (χ4v) is 3.17. The topological polar surface area (TPSA) is 86.7 Å². The lowest BCUT2D eigenvalue weighted by Gasteiger charge is -2.32. The number of halogens is 1. The van der Waals surface area contributed by atoms with Gasteiger partial charge in [-0.05, 0) is 30.5 Å². The number of aliphatic carboxylic acids is 1. The van der Waals surface area contributed by atoms with Crippen molar-refractivity contribution in [1.82, 2.24) is 10.2 Å². The molecule has 2 atom stereocenters. The first-order valence-corrected chi connectivity index (χ1v) is 8.69. The number of benzene rings is 1. The van der Waals surface area contributed by atoms with Crippen LogP contribution in [0.1, 0.15) is 37.8 Å². The summed E-state index contributed by atoms with van der Waals surface area (Å²) in [6, 6.07) is 7.00. The van der Waals surface area contributed by atoms with Crippen molar-refractivity contribution >= 4 is 33.7 Å². The second kappa shape index (κ2) is 8.28. The molecule has 130 valence electrons. The predicted molar refractivity (Wildman–Crippen MR) is 92.3 cm³/mol. The van der Waals surface area contributed by atoms with Crippen LogP contribution in [0, 0.1) is 5.92 Å². The first kappa shape index (κ1) is 18.4. The number of likely N-dealkylation sites (tertiary alicyclic amines) is 1. The Kier molecular flexibility index (Phi) is 6.36. The Morgan fingerprint density at radius 3 is 2.58 bits per heavy atom. The third-order valence-electron chi connectivity index (χ3n) is 4.15. The molecule has 0 aromatic heterocycles. The first-order valence-electron chi connectivity index (χ1n) is 7.90. The number of nitrogens with zero attached hydrogens (tertiary/aromatic N) is 1. The van der Waals surface area contributed by atoms with Gasteiger partial charge in [-0.15, -0.1) is 0 Å². The lowest BCUT2D eigenvalue weighted by Crippen LogP contribution is -2.43. The van der Waals surface area contributed by atoms with Crippen LogP contribution in [0.15, 0.2) is 28.7 Å². The summed E-state index contributed by atoms with van der Waals surface area (Å²) in [5, 5.41) is 11.9. The van der Waals surface area contributed by atoms with E-state index in [1.807, 2.05) is 24.3 Å². The Bertz CT molecular complexity index is 618. The maximum absolute atomic E-state index is 12.6. The molecule has 1 aromatic carbocycles. The van der Waals surface area contributed by atoms with E-state index in [4.69, 9.17) is 5.11 Å². The van der Waals surface area contributed by atoms with Crippen molar-refractivity contribution < 1.29 is 19.5 Å². The van der Waals surface area contributed by atoms with Crippen molar-refractivity contribution in [2.45, 2.75) is 32.2 Å². The number of carbonyl (C=O) groups is 3. The van der Waals surface area contributed by atoms with E-state index >= 15 is 0 Å². The van der Waals surface area contributed by atoms with Crippen LogP contribution < -0.4 is 5.32 Å². The van der Waals surface area contributed by atoms with Gasteiger partial charge >= 0.3 is 5.97 Å². The largest absolute Gasteiger partial charge is 0.481 e. The van der Waals surface area contributed by atoms with Crippen LogP contribution in [0.5, 0.6) is 0 Å². The lowest BCUT2D eigenvalue weighted by atomic mass is 9.97. The zero-order chi connectivity index (χ0) is 17.7. The Balaban J connectivity index is 2.08. The van der Waals surface area contributed by atoms with Gasteiger partial charge in [0.05, 0.1) is 18.4 Å². The lowest BCUT2D eigenvalue weighted by molar-refractivity contribution is -0.145. The van der Waals surface area contributed by atoms with Gasteiger partial charge in [-0.25, -0.2) is 0 Å². The monoisotopic (exact) mass is 396 g/mol. The van der Waals surface area contributed by atoms with Gasteiger partial charge in [0.25, 0.3) is 0 Å². The van der Waals surface area contributed by atoms with Gasteiger partial charge in [0.2, 0.25) is 11.8 Å². The van der Waals surface area contributed by atoms with Gasteiger partial charge in [0.15, 0.2) is 0 Å². The third-order valence-corrected chi connectivity index (χ3v) is 4.68. The highest BCUT2D eigenvalue weighted by Gasteiger charge is 2.29. The molecule has 1 aliphatic rings. The molecular weight excluding hydrogens is 376 g/mol. The number of carbonyl (C=O) groups excluding carboxylic acids is 2. The first-order chi connectivity index (χ1) is 11.4. The molecule has 1 saturated heterocycles. The third kappa shape index (κ3) is 5.06. The highest BCUT2D eigenvalue weighted by molar-refractivity contribution is 9.10. The number of rotatable bonds is 5. The predicted octanol–water partition coefficient (Wildman–Crippen LogP) is 2.34. The Hall–Kier alpha value is -1.89. The smallest absolute Gasteiger partial charge is 0.308 e. The molecule has 0 saturated carbocycles. The molecule has 2 N–H and O–H groups in total. The minimum atomic E-state index is -0.862. The molecule has 1 aromatic rings. The quantitative estimate of drug-likeness (QED) is 0.799. The van der Waals surface area contributed by atoms with Crippen LogP contribution in [-0.4, -0.2) is 40.9 Å². The fourth-order valence-electron chi connectivity index (χ4n) is 2.90. The summed E-state index contributed by atoms with van der Waals surface area (Å²) < 4.78 is 0.916. The maximum atomic E-state index is 12.6. The molecule has 1 heterocycles. The zero-order valence-electron chi connectivity index (χ0n) is 13.5. The summed E-state index contributed by atoms with van der Waals surface area (Å²) in [6.07, 6.45) is 1.40. The fraction of sp³-hybridized carbons (Fsp3) is 0.471. The summed E-state index contributed by atoms with van der Waals surface area (Å²) in [4.78, 5) is 36.8. The molecule has 2 rings (SSSR count). The van der Waals surface area contributed by atoms with E-state index in [1.165, 1.54) is 6.92 Å². The van der Waals surface area contributed by atoms with E-state index in [2.05, 4.69) is 21.2 Å². The van der Waals surface area contributed by atoms with Crippen molar-refractivity contribution in [3.05, 3.63) is 34.3 Å². The van der Waals surface area contributed by atoms with E-state index in [0.29, 0.717) is 19.4 Å². The second-order valence-corrected chi connectivity index (χ2v) is 6.94. The molecule has 1 fully saturated rings. The number of nitrogens with one attached hydrogen (secondary N) is 1. The molecule has 2 amide bonds. The summed E-state index contributed by atoms with van der Waals surface area (Å²) in [6.45, 7) is 2.22. The van der Waals surface area contributed by atoms with Crippen molar-refractivity contribution in [3.63, 3.8) is 0 Å². The van der Waals surface area contributed by atoms with Crippen molar-refractivity contribution in [1.29, 1.82) is 0 Å². The van der Waals surface area contributed by atoms with Gasteiger partial charge in [0, 0.05) is 24.5 Å². The van der Waals surface area contributed by atoms with Crippen LogP contribution in [0.3, 0.4) is 0 Å². The molecule has 0 bridgehead atoms. The Morgan fingerprint density at radius 2 is 2.00 bits per heavy atom. The van der Waals surface area contributed by atoms with Crippen molar-refractivity contribution in [2.75, 3.05) is 13.1 Å². The van der Waals surface area contributed by atoms with Crippen LogP contribution >= 0.6 is 15.9 Å². The summed E-state index contributed by atoms with van der Waals surface area (Å²) in [5.74, 6) is -1.71. The average Bonchev–Trinajstić information content (AvgIpc) is 2.54. The minimum Gasteiger partial charge on any atom is -0.481 e. The van der Waals surface area contributed by atoms with E-state index in [-0.39, 0.29) is 24.8 Å². The minimum absolute atomic E-state index is 0.119. The summed E-state index contributed by atoms with van der Waals surface area (Å²) in [5.41, 5.74) is 0.841. The Morgan fingerprint density at radius 1 is 1.33 bits per heavy atom. The van der Waals surface area contributed by atoms with Crippen LogP contribution in [0.4, 0.5) is 0 Å². The zero-order valence-corrected chi connectivity index (χ0v) is 15.1. The van der Waals surface area contributed by atoms with E-state index in [0.717, 1.165) is 10.0 Å². The number of carboxylic acid groups (broad SMARTS) is 1. The summed E-state index contributed by atoms with van der Waals surface area (Å²) >= 11 is 3.36. The molecule has 0 radical (unpaired) electrons. The van der Waals surface area contributed by atoms with Crippen molar-refractivity contribution in [3.8, 4) is 0 Å². The van der Waals surface area contributed by atoms with Crippen LogP contribution in [0.25, 0.3) is 0 Å². The molecule has 0 spiro atoms. The highest BCUT2D eigenvalue weighted by Crippen LogP contribution is 2.23. The van der Waals surface area contributed by atoms with Crippen LogP contribution in [0.2, 0.25) is 0 Å². The van der Waals surface area contributed by atoms with Crippen molar-refractivity contribution in [2.24, 2.45) is 5.92 Å². The molecular formula is C17H21BrN2O4. The number of amides is 2. The van der Waals surface area contributed by atoms with Gasteiger partial charge in [-0.1, -0.05) is 28.1 Å². The number of hydrogen-bond acceptors (Lipinski definition) is 3. The van der Waals surface area contributed by atoms with E-state index in [9.17, 15) is 14.4 Å². The van der Waals surface area contributed by atoms with Gasteiger partial charge in [-0.2, -0.15) is 0 Å². The normalized spacial score (nSPS) is 18.8. The van der Waals surface area contributed by atoms with E-state index in [1.54, 1.807) is 4.90 Å². The molecule has 0 aliphatic carbocycles. The molecule has 7 heteroatoms. The second-order valence-electron chi connectivity index (χ2n) is 6.03. The summed E-state index contributed by atoms with van der Waals surface area (Å²) in [7, 11) is 0. The van der Waals surface area contributed by atoms with Gasteiger partial charge in [-0.3, -0.25) is 14.4 Å². The number of hydrogen-bond donors (Lipinski definition) is 2. The molecule has 6 nitrogen and oxygen atoms in total. The number of piperidine rings is 1. The average molecular weight is 397 g/mol. The Labute approximate surface area is 149 Å². The molecule has 2 unspecified atom stereocenters.